The van der Waals surface area contributed by atoms with Crippen molar-refractivity contribution in [3.05, 3.63) is 29.3 Å². The van der Waals surface area contributed by atoms with Crippen LogP contribution in [-0.4, -0.2) is 55.1 Å². The van der Waals surface area contributed by atoms with Gasteiger partial charge in [-0.15, -0.1) is 0 Å². The van der Waals surface area contributed by atoms with Crippen molar-refractivity contribution in [2.45, 2.75) is 13.0 Å². The second-order valence-corrected chi connectivity index (χ2v) is 5.44. The second kappa shape index (κ2) is 5.81. The molecule has 5 heteroatoms. The van der Waals surface area contributed by atoms with Gasteiger partial charge >= 0.3 is 0 Å². The highest BCUT2D eigenvalue weighted by molar-refractivity contribution is 5.78. The van der Waals surface area contributed by atoms with Crippen molar-refractivity contribution in [2.75, 3.05) is 45.1 Å². The van der Waals surface area contributed by atoms with Crippen LogP contribution < -0.4 is 5.73 Å². The van der Waals surface area contributed by atoms with E-state index in [0.717, 1.165) is 38.3 Å². The topological polar surface area (TPSA) is 58.8 Å². The Kier molecular flexibility index (Phi) is 3.89. The molecule has 0 radical (unpaired) electrons. The minimum atomic E-state index is 0.209. The van der Waals surface area contributed by atoms with Crippen LogP contribution in [0.1, 0.15) is 11.1 Å². The standard InChI is InChI=1S/C15H21N3O2/c16-14-3-1-2-12-10-17(5-4-13(12)14)11-15(19)18-6-8-20-9-7-18/h1-3H,4-11,16H2. The Morgan fingerprint density at radius 3 is 2.85 bits per heavy atom. The van der Waals surface area contributed by atoms with E-state index in [-0.39, 0.29) is 5.91 Å². The largest absolute Gasteiger partial charge is 0.398 e. The summed E-state index contributed by atoms with van der Waals surface area (Å²) in [6.45, 7) is 4.96. The van der Waals surface area contributed by atoms with Crippen molar-refractivity contribution in [3.63, 3.8) is 0 Å². The van der Waals surface area contributed by atoms with Crippen LogP contribution in [0, 0.1) is 0 Å². The average Bonchev–Trinajstić information content (AvgIpc) is 2.48. The maximum Gasteiger partial charge on any atom is 0.236 e. The highest BCUT2D eigenvalue weighted by Crippen LogP contribution is 2.23. The first-order valence-corrected chi connectivity index (χ1v) is 7.18. The predicted octanol–water partition coefficient (Wildman–Crippen LogP) is 0.486. The van der Waals surface area contributed by atoms with Gasteiger partial charge in [-0.05, 0) is 23.6 Å². The lowest BCUT2D eigenvalue weighted by atomic mass is 9.98. The zero-order valence-electron chi connectivity index (χ0n) is 11.7. The SMILES string of the molecule is Nc1cccc2c1CCN(CC(=O)N1CCOCC1)C2. The Hall–Kier alpha value is -1.59. The lowest BCUT2D eigenvalue weighted by molar-refractivity contribution is -0.136. The van der Waals surface area contributed by atoms with Gasteiger partial charge < -0.3 is 15.4 Å². The molecule has 0 aromatic heterocycles. The van der Waals surface area contributed by atoms with Crippen LogP contribution in [0.15, 0.2) is 18.2 Å². The fourth-order valence-corrected chi connectivity index (χ4v) is 2.94. The average molecular weight is 275 g/mol. The molecule has 2 heterocycles. The highest BCUT2D eigenvalue weighted by atomic mass is 16.5. The molecule has 1 saturated heterocycles. The molecule has 0 spiro atoms. The number of carbonyl (C=O) groups excluding carboxylic acids is 1. The summed E-state index contributed by atoms with van der Waals surface area (Å²) in [4.78, 5) is 16.4. The normalized spacial score (nSPS) is 19.7. The van der Waals surface area contributed by atoms with E-state index in [4.69, 9.17) is 10.5 Å². The number of hydrogen-bond acceptors (Lipinski definition) is 4. The number of carbonyl (C=O) groups is 1. The number of benzene rings is 1. The van der Waals surface area contributed by atoms with Crippen LogP contribution in [0.5, 0.6) is 0 Å². The summed E-state index contributed by atoms with van der Waals surface area (Å²) in [6, 6.07) is 6.05. The minimum absolute atomic E-state index is 0.209. The number of rotatable bonds is 2. The van der Waals surface area contributed by atoms with E-state index in [0.29, 0.717) is 19.8 Å². The van der Waals surface area contributed by atoms with Crippen LogP contribution in [0.2, 0.25) is 0 Å². The summed E-state index contributed by atoms with van der Waals surface area (Å²) in [5, 5.41) is 0. The molecule has 1 fully saturated rings. The molecule has 2 aliphatic heterocycles. The maximum absolute atomic E-state index is 12.2. The minimum Gasteiger partial charge on any atom is -0.398 e. The Morgan fingerprint density at radius 1 is 1.25 bits per heavy atom. The van der Waals surface area contributed by atoms with Crippen molar-refractivity contribution < 1.29 is 9.53 Å². The maximum atomic E-state index is 12.2. The molecule has 0 bridgehead atoms. The van der Waals surface area contributed by atoms with Crippen molar-refractivity contribution in [2.24, 2.45) is 0 Å². The van der Waals surface area contributed by atoms with Gasteiger partial charge in [0.2, 0.25) is 5.91 Å². The molecular weight excluding hydrogens is 254 g/mol. The number of morpholine rings is 1. The van der Waals surface area contributed by atoms with Gasteiger partial charge in [0.15, 0.2) is 0 Å². The van der Waals surface area contributed by atoms with E-state index in [1.807, 2.05) is 17.0 Å². The van der Waals surface area contributed by atoms with Crippen molar-refractivity contribution in [1.29, 1.82) is 0 Å². The summed E-state index contributed by atoms with van der Waals surface area (Å²) in [7, 11) is 0. The van der Waals surface area contributed by atoms with Gasteiger partial charge in [-0.2, -0.15) is 0 Å². The fourth-order valence-electron chi connectivity index (χ4n) is 2.94. The molecule has 1 amide bonds. The monoisotopic (exact) mass is 275 g/mol. The molecule has 2 N–H and O–H groups in total. The van der Waals surface area contributed by atoms with Crippen LogP contribution in [0.4, 0.5) is 5.69 Å². The molecule has 20 heavy (non-hydrogen) atoms. The van der Waals surface area contributed by atoms with Crippen LogP contribution in [0.25, 0.3) is 0 Å². The van der Waals surface area contributed by atoms with Gasteiger partial charge in [0, 0.05) is 31.9 Å². The molecule has 0 atom stereocenters. The zero-order chi connectivity index (χ0) is 13.9. The third-order valence-electron chi connectivity index (χ3n) is 4.10. The van der Waals surface area contributed by atoms with E-state index in [1.54, 1.807) is 0 Å². The molecule has 1 aromatic rings. The summed E-state index contributed by atoms with van der Waals surface area (Å²) >= 11 is 0. The Balaban J connectivity index is 1.61. The van der Waals surface area contributed by atoms with E-state index in [2.05, 4.69) is 11.0 Å². The molecule has 108 valence electrons. The quantitative estimate of drug-likeness (QED) is 0.798. The number of anilines is 1. The lowest BCUT2D eigenvalue weighted by Gasteiger charge is -2.32. The van der Waals surface area contributed by atoms with Gasteiger partial charge in [-0.3, -0.25) is 9.69 Å². The molecule has 0 aliphatic carbocycles. The van der Waals surface area contributed by atoms with Gasteiger partial charge in [0.05, 0.1) is 19.8 Å². The third kappa shape index (κ3) is 2.78. The summed E-state index contributed by atoms with van der Waals surface area (Å²) in [5.41, 5.74) is 9.38. The predicted molar refractivity (Wildman–Crippen MR) is 77.2 cm³/mol. The van der Waals surface area contributed by atoms with Gasteiger partial charge in [0.25, 0.3) is 0 Å². The molecule has 3 rings (SSSR count). The van der Waals surface area contributed by atoms with Crippen molar-refractivity contribution in [3.8, 4) is 0 Å². The first kappa shape index (κ1) is 13.4. The number of nitrogens with two attached hydrogens (primary N) is 1. The van der Waals surface area contributed by atoms with E-state index < -0.39 is 0 Å². The number of nitrogen functional groups attached to an aromatic ring is 1. The number of nitrogens with zero attached hydrogens (tertiary/aromatic N) is 2. The number of hydrogen-bond donors (Lipinski definition) is 1. The first-order chi connectivity index (χ1) is 9.74. The smallest absolute Gasteiger partial charge is 0.236 e. The second-order valence-electron chi connectivity index (χ2n) is 5.44. The van der Waals surface area contributed by atoms with Gasteiger partial charge in [-0.1, -0.05) is 12.1 Å². The Bertz CT molecular complexity index is 498. The summed E-state index contributed by atoms with van der Waals surface area (Å²) < 4.78 is 5.28. The molecule has 0 saturated carbocycles. The van der Waals surface area contributed by atoms with Crippen LogP contribution in [0.3, 0.4) is 0 Å². The molecule has 0 unspecified atom stereocenters. The molecule has 5 nitrogen and oxygen atoms in total. The molecule has 1 aromatic carbocycles. The van der Waals surface area contributed by atoms with Crippen molar-refractivity contribution in [1.82, 2.24) is 9.80 Å². The Labute approximate surface area is 119 Å². The summed E-state index contributed by atoms with van der Waals surface area (Å²) in [5.74, 6) is 0.209. The van der Waals surface area contributed by atoms with Gasteiger partial charge in [-0.25, -0.2) is 0 Å². The number of amides is 1. The third-order valence-corrected chi connectivity index (χ3v) is 4.10. The van der Waals surface area contributed by atoms with Gasteiger partial charge in [0.1, 0.15) is 0 Å². The molecule has 2 aliphatic rings. The number of ether oxygens (including phenoxy) is 1. The van der Waals surface area contributed by atoms with E-state index in [9.17, 15) is 4.79 Å². The highest BCUT2D eigenvalue weighted by Gasteiger charge is 2.23. The fraction of sp³-hybridized carbons (Fsp3) is 0.533. The van der Waals surface area contributed by atoms with Crippen LogP contribution >= 0.6 is 0 Å². The zero-order valence-corrected chi connectivity index (χ0v) is 11.7. The van der Waals surface area contributed by atoms with Crippen molar-refractivity contribution >= 4 is 11.6 Å². The first-order valence-electron chi connectivity index (χ1n) is 7.18. The van der Waals surface area contributed by atoms with E-state index in [1.165, 1.54) is 11.1 Å². The number of fused-ring (bicyclic) bond motifs is 1. The van der Waals surface area contributed by atoms with E-state index >= 15 is 0 Å². The van der Waals surface area contributed by atoms with Crippen LogP contribution in [-0.2, 0) is 22.5 Å². The Morgan fingerprint density at radius 2 is 2.05 bits per heavy atom. The summed E-state index contributed by atoms with van der Waals surface area (Å²) in [6.07, 6.45) is 0.929. The molecular formula is C15H21N3O2. The lowest BCUT2D eigenvalue weighted by Crippen LogP contribution is -2.46.